The molecule has 0 aliphatic carbocycles. The highest BCUT2D eigenvalue weighted by molar-refractivity contribution is 7.90. The second-order valence-corrected chi connectivity index (χ2v) is 12.9. The lowest BCUT2D eigenvalue weighted by molar-refractivity contribution is -0.384. The zero-order valence-electron chi connectivity index (χ0n) is 25.6. The van der Waals surface area contributed by atoms with Crippen molar-refractivity contribution >= 4 is 27.5 Å². The molecular weight excluding hydrogens is 598 g/mol. The first kappa shape index (κ1) is 33.1. The molecule has 3 aromatic carbocycles. The van der Waals surface area contributed by atoms with Crippen LogP contribution in [0.2, 0.25) is 0 Å². The predicted octanol–water partition coefficient (Wildman–Crippen LogP) is 4.82. The van der Waals surface area contributed by atoms with Crippen LogP contribution < -0.4 is 5.32 Å². The van der Waals surface area contributed by atoms with E-state index < -0.39 is 38.7 Å². The van der Waals surface area contributed by atoms with Crippen molar-refractivity contribution in [3.63, 3.8) is 0 Å². The fraction of sp³-hybridized carbons (Fsp3) is 0.273. The number of nitro benzene ring substituents is 1. The summed E-state index contributed by atoms with van der Waals surface area (Å²) >= 11 is 0. The number of rotatable bonds is 11. The van der Waals surface area contributed by atoms with E-state index in [9.17, 15) is 28.1 Å². The predicted molar refractivity (Wildman–Crippen MR) is 168 cm³/mol. The second kappa shape index (κ2) is 13.9. The molecule has 0 aromatic heterocycles. The number of carbonyl (C=O) groups is 2. The van der Waals surface area contributed by atoms with Crippen LogP contribution in [0.15, 0.2) is 106 Å². The van der Waals surface area contributed by atoms with Crippen LogP contribution in [0.3, 0.4) is 0 Å². The molecular formula is C33H35N3O8S. The smallest absolute Gasteiger partial charge is 0.337 e. The number of nitrogens with one attached hydrogen (secondary N) is 1. The fourth-order valence-electron chi connectivity index (χ4n) is 5.37. The van der Waals surface area contributed by atoms with Gasteiger partial charge < -0.3 is 14.8 Å². The van der Waals surface area contributed by atoms with E-state index in [1.807, 2.05) is 42.3 Å². The van der Waals surface area contributed by atoms with Gasteiger partial charge in [0, 0.05) is 42.9 Å². The largest absolute Gasteiger partial charge is 0.466 e. The summed E-state index contributed by atoms with van der Waals surface area (Å²) in [5, 5.41) is 14.7. The molecule has 0 amide bonds. The Morgan fingerprint density at radius 1 is 0.956 bits per heavy atom. The molecule has 4 rings (SSSR count). The van der Waals surface area contributed by atoms with Crippen molar-refractivity contribution in [3.8, 4) is 0 Å². The van der Waals surface area contributed by atoms with E-state index in [4.69, 9.17) is 9.47 Å². The number of ether oxygens (including phenoxy) is 2. The summed E-state index contributed by atoms with van der Waals surface area (Å²) in [5.41, 5.74) is 2.78. The van der Waals surface area contributed by atoms with Gasteiger partial charge in [0.2, 0.25) is 0 Å². The van der Waals surface area contributed by atoms with Crippen LogP contribution in [-0.4, -0.2) is 57.1 Å². The summed E-state index contributed by atoms with van der Waals surface area (Å²) in [6, 6.07) is 21.6. The maximum atomic E-state index is 14.2. The summed E-state index contributed by atoms with van der Waals surface area (Å²) in [4.78, 5) is 40.4. The molecule has 0 fully saturated rings. The number of likely N-dealkylation sites (N-methyl/N-ethyl adjacent to an activating group) is 1. The lowest BCUT2D eigenvalue weighted by Gasteiger charge is -2.32. The van der Waals surface area contributed by atoms with Gasteiger partial charge in [0.05, 0.1) is 34.0 Å². The summed E-state index contributed by atoms with van der Waals surface area (Å²) in [7, 11) is -0.366. The molecule has 2 unspecified atom stereocenters. The number of sulfone groups is 1. The quantitative estimate of drug-likeness (QED) is 0.177. The first-order valence-electron chi connectivity index (χ1n) is 14.0. The molecule has 0 spiro atoms. The third-order valence-electron chi connectivity index (χ3n) is 7.50. The van der Waals surface area contributed by atoms with Crippen molar-refractivity contribution < 1.29 is 32.4 Å². The molecule has 1 N–H and O–H groups in total. The van der Waals surface area contributed by atoms with Crippen LogP contribution >= 0.6 is 0 Å². The lowest BCUT2D eigenvalue weighted by Crippen LogP contribution is -2.34. The van der Waals surface area contributed by atoms with Crippen LogP contribution in [0.25, 0.3) is 0 Å². The number of nitrogens with zero attached hydrogens (tertiary/aromatic N) is 2. The first-order chi connectivity index (χ1) is 21.3. The highest BCUT2D eigenvalue weighted by Crippen LogP contribution is 2.41. The molecule has 45 heavy (non-hydrogen) atoms. The standard InChI is InChI=1S/C33H35N3O8S/c1-21-29(32(37)43-4)31(25-12-9-13-26(18-25)36(39)40)30(22(2)34-21)33(38)44-28(20-35(3)19-23-10-7-6-8-11-23)24-14-16-27(17-15-24)45(5,41)42/h6-18,28,31,34H,19-20H2,1-5H3. The van der Waals surface area contributed by atoms with Gasteiger partial charge in [-0.2, -0.15) is 0 Å². The van der Waals surface area contributed by atoms with Gasteiger partial charge in [-0.3, -0.25) is 15.0 Å². The lowest BCUT2D eigenvalue weighted by atomic mass is 9.80. The van der Waals surface area contributed by atoms with Crippen LogP contribution in [0.5, 0.6) is 0 Å². The van der Waals surface area contributed by atoms with Gasteiger partial charge in [0.25, 0.3) is 5.69 Å². The molecule has 0 saturated heterocycles. The van der Waals surface area contributed by atoms with Gasteiger partial charge in [-0.25, -0.2) is 18.0 Å². The summed E-state index contributed by atoms with van der Waals surface area (Å²) in [5.74, 6) is -2.48. The first-order valence-corrected chi connectivity index (χ1v) is 15.9. The van der Waals surface area contributed by atoms with E-state index in [-0.39, 0.29) is 28.3 Å². The number of hydrogen-bond acceptors (Lipinski definition) is 10. The van der Waals surface area contributed by atoms with E-state index >= 15 is 0 Å². The molecule has 1 aliphatic heterocycles. The number of carbonyl (C=O) groups excluding carboxylic acids is 2. The Kier molecular flexibility index (Phi) is 10.2. The molecule has 1 heterocycles. The van der Waals surface area contributed by atoms with E-state index in [2.05, 4.69) is 5.32 Å². The number of benzene rings is 3. The number of hydrogen-bond donors (Lipinski definition) is 1. The van der Waals surface area contributed by atoms with Crippen LogP contribution in [0.1, 0.15) is 42.6 Å². The minimum absolute atomic E-state index is 0.0879. The summed E-state index contributed by atoms with van der Waals surface area (Å²) in [6.07, 6.45) is 0.264. The van der Waals surface area contributed by atoms with Crippen LogP contribution in [0, 0.1) is 10.1 Å². The third kappa shape index (κ3) is 7.83. The van der Waals surface area contributed by atoms with Gasteiger partial charge in [-0.15, -0.1) is 0 Å². The summed E-state index contributed by atoms with van der Waals surface area (Å²) in [6.45, 7) is 4.12. The number of esters is 2. The summed E-state index contributed by atoms with van der Waals surface area (Å²) < 4.78 is 35.4. The zero-order chi connectivity index (χ0) is 32.9. The van der Waals surface area contributed by atoms with E-state index in [1.165, 1.54) is 37.4 Å². The Labute approximate surface area is 262 Å². The molecule has 12 heteroatoms. The Balaban J connectivity index is 1.75. The van der Waals surface area contributed by atoms with Crippen molar-refractivity contribution in [1.29, 1.82) is 0 Å². The fourth-order valence-corrected chi connectivity index (χ4v) is 6.00. The van der Waals surface area contributed by atoms with Gasteiger partial charge in [-0.05, 0) is 49.7 Å². The normalized spacial score (nSPS) is 15.8. The SMILES string of the molecule is COC(=O)C1=C(C)NC(C)=C(C(=O)OC(CN(C)Cc2ccccc2)c2ccc(S(C)(=O)=O)cc2)C1c1cccc([N+](=O)[O-])c1. The highest BCUT2D eigenvalue weighted by atomic mass is 32.2. The van der Waals surface area contributed by atoms with Gasteiger partial charge in [0.15, 0.2) is 9.84 Å². The van der Waals surface area contributed by atoms with Crippen molar-refractivity contribution in [3.05, 3.63) is 128 Å². The Morgan fingerprint density at radius 3 is 2.16 bits per heavy atom. The van der Waals surface area contributed by atoms with Crippen molar-refractivity contribution in [2.24, 2.45) is 0 Å². The molecule has 0 saturated carbocycles. The van der Waals surface area contributed by atoms with Gasteiger partial charge >= 0.3 is 11.9 Å². The molecule has 0 radical (unpaired) electrons. The Hall–Kier alpha value is -4.81. The molecule has 0 bridgehead atoms. The average molecular weight is 634 g/mol. The molecule has 11 nitrogen and oxygen atoms in total. The Bertz CT molecular complexity index is 1770. The van der Waals surface area contributed by atoms with Crippen molar-refractivity contribution in [1.82, 2.24) is 10.2 Å². The molecule has 3 aromatic rings. The molecule has 236 valence electrons. The maximum Gasteiger partial charge on any atom is 0.337 e. The zero-order valence-corrected chi connectivity index (χ0v) is 26.5. The maximum absolute atomic E-state index is 14.2. The second-order valence-electron chi connectivity index (χ2n) is 10.9. The minimum Gasteiger partial charge on any atom is -0.466 e. The van der Waals surface area contributed by atoms with Gasteiger partial charge in [-0.1, -0.05) is 54.6 Å². The Morgan fingerprint density at radius 2 is 1.58 bits per heavy atom. The number of nitro groups is 1. The average Bonchev–Trinajstić information content (AvgIpc) is 3.00. The van der Waals surface area contributed by atoms with Crippen molar-refractivity contribution in [2.45, 2.75) is 37.3 Å². The van der Waals surface area contributed by atoms with E-state index in [0.717, 1.165) is 11.8 Å². The third-order valence-corrected chi connectivity index (χ3v) is 8.63. The van der Waals surface area contributed by atoms with Crippen molar-refractivity contribution in [2.75, 3.05) is 27.0 Å². The minimum atomic E-state index is -3.46. The molecule has 1 aliphatic rings. The van der Waals surface area contributed by atoms with E-state index in [1.54, 1.807) is 32.0 Å². The van der Waals surface area contributed by atoms with Crippen LogP contribution in [-0.2, 0) is 35.4 Å². The number of non-ortho nitro benzene ring substituents is 1. The van der Waals surface area contributed by atoms with E-state index in [0.29, 0.717) is 29.1 Å². The van der Waals surface area contributed by atoms with Gasteiger partial charge in [0.1, 0.15) is 6.10 Å². The topological polar surface area (TPSA) is 145 Å². The number of dihydropyridines is 1. The number of methoxy groups -OCH3 is 1. The monoisotopic (exact) mass is 633 g/mol. The highest BCUT2D eigenvalue weighted by Gasteiger charge is 2.39. The number of allylic oxidation sites excluding steroid dienone is 2. The van der Waals surface area contributed by atoms with Crippen LogP contribution in [0.4, 0.5) is 5.69 Å². The molecule has 2 atom stereocenters.